The number of fused-ring (bicyclic) bond motifs is 1. The van der Waals surface area contributed by atoms with Crippen LogP contribution in [0.1, 0.15) is 24.2 Å². The summed E-state index contributed by atoms with van der Waals surface area (Å²) in [7, 11) is -0.679. The molecule has 2 radical (unpaired) electrons. The molecular formula is C23H21ClF2N8OSi. The number of aromatic nitrogens is 5. The fraction of sp³-hybridized carbons (Fsp3) is 0.261. The highest BCUT2D eigenvalue weighted by atomic mass is 35.5. The van der Waals surface area contributed by atoms with E-state index in [1.54, 1.807) is 43.5 Å². The number of nitrogens with two attached hydrogens (primary N) is 1. The Labute approximate surface area is 212 Å². The fourth-order valence-electron chi connectivity index (χ4n) is 3.89. The Morgan fingerprint density at radius 1 is 1.28 bits per heavy atom. The lowest BCUT2D eigenvalue weighted by Crippen LogP contribution is -2.43. The van der Waals surface area contributed by atoms with E-state index >= 15 is 0 Å². The Kier molecular flexibility index (Phi) is 7.05. The van der Waals surface area contributed by atoms with Crippen molar-refractivity contribution in [2.24, 2.45) is 0 Å². The second-order valence-electron chi connectivity index (χ2n) is 8.10. The quantitative estimate of drug-likeness (QED) is 0.350. The van der Waals surface area contributed by atoms with Crippen molar-refractivity contribution in [3.63, 3.8) is 0 Å². The molecule has 3 heterocycles. The maximum atomic E-state index is 14.6. The molecule has 36 heavy (non-hydrogen) atoms. The van der Waals surface area contributed by atoms with E-state index in [4.69, 9.17) is 17.3 Å². The molecule has 0 fully saturated rings. The highest BCUT2D eigenvalue weighted by molar-refractivity contribution is 6.37. The average Bonchev–Trinajstić information content (AvgIpc) is 3.24. The predicted molar refractivity (Wildman–Crippen MR) is 134 cm³/mol. The highest BCUT2D eigenvalue weighted by Gasteiger charge is 2.33. The molecule has 0 aliphatic heterocycles. The summed E-state index contributed by atoms with van der Waals surface area (Å²) in [6.07, 6.45) is 2.69. The van der Waals surface area contributed by atoms with Gasteiger partial charge in [-0.1, -0.05) is 43.3 Å². The van der Waals surface area contributed by atoms with E-state index in [1.165, 1.54) is 20.5 Å². The maximum absolute atomic E-state index is 14.6. The molecule has 2 N–H and O–H groups in total. The number of rotatable bonds is 8. The van der Waals surface area contributed by atoms with Gasteiger partial charge in [-0.25, -0.2) is 23.3 Å². The molecule has 1 unspecified atom stereocenters. The van der Waals surface area contributed by atoms with Crippen LogP contribution < -0.4 is 16.2 Å². The zero-order valence-electron chi connectivity index (χ0n) is 19.4. The van der Waals surface area contributed by atoms with Crippen LogP contribution in [0.2, 0.25) is 11.6 Å². The lowest BCUT2D eigenvalue weighted by atomic mass is 10.1. The smallest absolute Gasteiger partial charge is 0.284 e. The van der Waals surface area contributed by atoms with Gasteiger partial charge in [-0.05, 0) is 18.2 Å². The summed E-state index contributed by atoms with van der Waals surface area (Å²) in [4.78, 5) is 22.7. The summed E-state index contributed by atoms with van der Waals surface area (Å²) in [6, 6.07) is 12.3. The number of nitrogen functional groups attached to an aromatic ring is 1. The molecule has 1 atom stereocenters. The summed E-state index contributed by atoms with van der Waals surface area (Å²) in [5, 5.41) is 14.5. The van der Waals surface area contributed by atoms with Crippen LogP contribution in [-0.2, 0) is 0 Å². The summed E-state index contributed by atoms with van der Waals surface area (Å²) in [5.74, 6) is -0.362. The lowest BCUT2D eigenvalue weighted by Gasteiger charge is -2.31. The molecule has 13 heteroatoms. The average molecular weight is 527 g/mol. The molecule has 9 nitrogen and oxygen atoms in total. The summed E-state index contributed by atoms with van der Waals surface area (Å²) < 4.78 is 32.0. The van der Waals surface area contributed by atoms with Gasteiger partial charge in [0.2, 0.25) is 5.55 Å². The highest BCUT2D eigenvalue weighted by Crippen LogP contribution is 2.28. The molecule has 4 rings (SSSR count). The number of nitrogens with zero attached hydrogens (tertiary/aromatic N) is 7. The molecule has 0 saturated carbocycles. The van der Waals surface area contributed by atoms with Crippen molar-refractivity contribution < 1.29 is 8.78 Å². The van der Waals surface area contributed by atoms with E-state index in [0.29, 0.717) is 11.5 Å². The number of halogens is 3. The van der Waals surface area contributed by atoms with E-state index in [0.717, 1.165) is 6.33 Å². The van der Waals surface area contributed by atoms with Crippen LogP contribution in [0, 0.1) is 11.3 Å². The van der Waals surface area contributed by atoms with E-state index < -0.39 is 33.1 Å². The Morgan fingerprint density at radius 3 is 2.67 bits per heavy atom. The number of hydrogen-bond acceptors (Lipinski definition) is 7. The van der Waals surface area contributed by atoms with Crippen molar-refractivity contribution in [3.8, 4) is 11.8 Å². The molecule has 0 aliphatic rings. The molecule has 0 saturated heterocycles. The Hall–Kier alpha value is -3.82. The number of benzene rings is 1. The van der Waals surface area contributed by atoms with Crippen molar-refractivity contribution in [1.82, 2.24) is 24.1 Å². The van der Waals surface area contributed by atoms with Crippen molar-refractivity contribution in [2.75, 3.05) is 23.7 Å². The number of alkyl halides is 2. The molecule has 3 aromatic heterocycles. The van der Waals surface area contributed by atoms with Gasteiger partial charge in [0.05, 0.1) is 17.3 Å². The summed E-state index contributed by atoms with van der Waals surface area (Å²) in [6.45, 7) is 2.42. The molecule has 0 spiro atoms. The van der Waals surface area contributed by atoms with Gasteiger partial charge in [0, 0.05) is 18.7 Å². The molecule has 0 amide bonds. The standard InChI is InChI=1S/C23H21ClF2N8OSi/c1-14(11-32(12-23(25,26)36-2)21-16(10-27)19(28)29-13-30-21)20-31-33-9-8-17(24)18(33)22(35)34(20)15-6-4-3-5-7-15/h3-9,13-14H,11-12H2,1-2H3,(H2,28,29,30). The van der Waals surface area contributed by atoms with Gasteiger partial charge in [0.25, 0.3) is 5.56 Å². The van der Waals surface area contributed by atoms with E-state index in [9.17, 15) is 18.8 Å². The Bertz CT molecular complexity index is 1500. The molecule has 0 bridgehead atoms. The third-order valence-electron chi connectivity index (χ3n) is 5.63. The number of anilines is 2. The Morgan fingerprint density at radius 2 is 2.00 bits per heavy atom. The van der Waals surface area contributed by atoms with Crippen LogP contribution in [0.3, 0.4) is 0 Å². The normalized spacial score (nSPS) is 12.4. The van der Waals surface area contributed by atoms with Crippen molar-refractivity contribution >= 4 is 38.3 Å². The van der Waals surface area contributed by atoms with Crippen molar-refractivity contribution in [3.05, 3.63) is 75.7 Å². The number of nitriles is 1. The minimum absolute atomic E-state index is 0.00605. The fourth-order valence-corrected chi connectivity index (χ4v) is 4.46. The SMILES string of the molecule is C[Si]C(F)(F)CN(CC(C)c1nn2ccc(Cl)c2c(=O)n1-c1ccccc1)c1ncnc(N)c1C#N. The minimum atomic E-state index is -3.05. The maximum Gasteiger partial charge on any atom is 0.284 e. The molecule has 4 aromatic rings. The number of hydrogen-bond donors (Lipinski definition) is 1. The second kappa shape index (κ2) is 10.0. The van der Waals surface area contributed by atoms with Gasteiger partial charge in [-0.2, -0.15) is 10.4 Å². The monoisotopic (exact) mass is 526 g/mol. The first kappa shape index (κ1) is 25.3. The minimum Gasteiger partial charge on any atom is -0.382 e. The first-order valence-electron chi connectivity index (χ1n) is 10.8. The topological polar surface area (TPSA) is 118 Å². The second-order valence-corrected chi connectivity index (χ2v) is 9.74. The summed E-state index contributed by atoms with van der Waals surface area (Å²) in [5.41, 5.74) is 3.04. The zero-order chi connectivity index (χ0) is 26.0. The van der Waals surface area contributed by atoms with Crippen molar-refractivity contribution in [1.29, 1.82) is 5.26 Å². The van der Waals surface area contributed by atoms with E-state index in [-0.39, 0.29) is 34.3 Å². The molecule has 184 valence electrons. The van der Waals surface area contributed by atoms with Gasteiger partial charge >= 0.3 is 0 Å². The van der Waals surface area contributed by atoms with Crippen LogP contribution in [0.15, 0.2) is 53.7 Å². The first-order valence-corrected chi connectivity index (χ1v) is 12.7. The molecular weight excluding hydrogens is 506 g/mol. The largest absolute Gasteiger partial charge is 0.382 e. The van der Waals surface area contributed by atoms with Crippen LogP contribution in [0.5, 0.6) is 0 Å². The molecule has 1 aromatic carbocycles. The first-order chi connectivity index (χ1) is 17.2. The van der Waals surface area contributed by atoms with Gasteiger partial charge in [-0.3, -0.25) is 9.36 Å². The van der Waals surface area contributed by atoms with Gasteiger partial charge < -0.3 is 10.6 Å². The van der Waals surface area contributed by atoms with E-state index in [2.05, 4.69) is 15.1 Å². The van der Waals surface area contributed by atoms with E-state index in [1.807, 2.05) is 12.1 Å². The van der Waals surface area contributed by atoms with Crippen LogP contribution in [0.25, 0.3) is 11.2 Å². The third-order valence-corrected chi connectivity index (χ3v) is 6.83. The van der Waals surface area contributed by atoms with Gasteiger partial charge in [-0.15, -0.1) is 0 Å². The molecule has 0 aliphatic carbocycles. The van der Waals surface area contributed by atoms with Crippen LogP contribution >= 0.6 is 11.6 Å². The summed E-state index contributed by atoms with van der Waals surface area (Å²) >= 11 is 6.25. The van der Waals surface area contributed by atoms with Crippen LogP contribution in [-0.4, -0.2) is 52.3 Å². The lowest BCUT2D eigenvalue weighted by molar-refractivity contribution is 0.0980. The van der Waals surface area contributed by atoms with Crippen LogP contribution in [0.4, 0.5) is 20.4 Å². The van der Waals surface area contributed by atoms with Gasteiger partial charge in [0.1, 0.15) is 44.6 Å². The third kappa shape index (κ3) is 4.80. The van der Waals surface area contributed by atoms with Gasteiger partial charge in [0.15, 0.2) is 5.82 Å². The van der Waals surface area contributed by atoms with Crippen molar-refractivity contribution in [2.45, 2.75) is 24.9 Å². The number of para-hydroxylation sites is 1. The zero-order valence-corrected chi connectivity index (χ0v) is 21.1. The Balaban J connectivity index is 1.86. The predicted octanol–water partition coefficient (Wildman–Crippen LogP) is 3.34.